The number of nitrogens with one attached hydrogen (secondary N) is 2. The van der Waals surface area contributed by atoms with Crippen molar-refractivity contribution in [2.75, 3.05) is 13.1 Å². The molecule has 0 unspecified atom stereocenters. The van der Waals surface area contributed by atoms with E-state index in [1.54, 1.807) is 0 Å². The molecule has 18 heteroatoms. The third-order valence-corrected chi connectivity index (χ3v) is 5.22. The van der Waals surface area contributed by atoms with Crippen molar-refractivity contribution in [3.05, 3.63) is 0 Å². The molecule has 214 valence electrons. The molecule has 0 bridgehead atoms. The molecular formula is C18H22Cl2F12N2O2. The maximum absolute atomic E-state index is 13.2. The second kappa shape index (κ2) is 13.0. The van der Waals surface area contributed by atoms with E-state index in [-0.39, 0.29) is 12.8 Å². The lowest BCUT2D eigenvalue weighted by Crippen LogP contribution is -2.59. The van der Waals surface area contributed by atoms with Crippen molar-refractivity contribution < 1.29 is 62.3 Å². The average molecular weight is 597 g/mol. The molecule has 0 aliphatic heterocycles. The van der Waals surface area contributed by atoms with Crippen LogP contribution in [0.2, 0.25) is 0 Å². The Labute approximate surface area is 207 Å². The Bertz CT molecular complexity index is 668. The minimum atomic E-state index is -6.11. The molecule has 0 aliphatic carbocycles. The van der Waals surface area contributed by atoms with E-state index in [2.05, 4.69) is 23.2 Å². The van der Waals surface area contributed by atoms with Gasteiger partial charge in [-0.15, -0.1) is 0 Å². The first-order chi connectivity index (χ1) is 16.0. The molecule has 36 heavy (non-hydrogen) atoms. The number of unbranched alkanes of at least 4 members (excludes halogenated alkanes) is 7. The minimum absolute atomic E-state index is 0.0525. The summed E-state index contributed by atoms with van der Waals surface area (Å²) in [5, 5.41) is -8.47. The molecule has 0 rings (SSSR count). The summed E-state index contributed by atoms with van der Waals surface area (Å²) in [5.74, 6) is -28.9. The van der Waals surface area contributed by atoms with Gasteiger partial charge in [0.05, 0.1) is 0 Å². The van der Waals surface area contributed by atoms with Crippen molar-refractivity contribution in [1.29, 1.82) is 0 Å². The van der Waals surface area contributed by atoms with Crippen LogP contribution in [-0.4, -0.2) is 59.4 Å². The van der Waals surface area contributed by atoms with Crippen LogP contribution in [0.4, 0.5) is 52.7 Å². The highest BCUT2D eigenvalue weighted by Gasteiger charge is 2.75. The van der Waals surface area contributed by atoms with Gasteiger partial charge in [0.15, 0.2) is 0 Å². The van der Waals surface area contributed by atoms with Crippen LogP contribution < -0.4 is 10.6 Å². The fourth-order valence-electron chi connectivity index (χ4n) is 2.58. The summed E-state index contributed by atoms with van der Waals surface area (Å²) in [5.41, 5.74) is 0. The average Bonchev–Trinajstić information content (AvgIpc) is 2.71. The van der Waals surface area contributed by atoms with Crippen LogP contribution in [0.5, 0.6) is 0 Å². The predicted octanol–water partition coefficient (Wildman–Crippen LogP) is 6.54. The Kier molecular flexibility index (Phi) is 12.5. The summed E-state index contributed by atoms with van der Waals surface area (Å²) in [6.07, 6.45) is 2.81. The van der Waals surface area contributed by atoms with Gasteiger partial charge in [-0.1, -0.05) is 38.5 Å². The molecule has 4 nitrogen and oxygen atoms in total. The van der Waals surface area contributed by atoms with Gasteiger partial charge in [-0.25, -0.2) is 0 Å². The molecular weight excluding hydrogens is 575 g/mol. The molecule has 0 fully saturated rings. The van der Waals surface area contributed by atoms with E-state index in [9.17, 15) is 62.3 Å². The number of carbonyl (C=O) groups is 2. The smallest absolute Gasteiger partial charge is 0.351 e. The largest absolute Gasteiger partial charge is 0.395 e. The number of hydrogen-bond acceptors (Lipinski definition) is 2. The van der Waals surface area contributed by atoms with Gasteiger partial charge in [-0.3, -0.25) is 9.59 Å². The maximum Gasteiger partial charge on any atom is 0.395 e. The summed E-state index contributed by atoms with van der Waals surface area (Å²) in [4.78, 5) is 22.3. The standard InChI is InChI=1S/C18H22Cl2F12N2O2/c19-17(29,30)15(25,26)13(21,22)11(35)33-9-7-5-3-1-2-4-6-8-10-34-12(36)14(23,24)16(27,28)18(20,31)32/h1-10H2,(H,33,35)(H,34,36). The van der Waals surface area contributed by atoms with Crippen LogP contribution >= 0.6 is 23.2 Å². The minimum Gasteiger partial charge on any atom is -0.351 e. The molecule has 2 N–H and O–H groups in total. The Morgan fingerprint density at radius 3 is 0.917 bits per heavy atom. The summed E-state index contributed by atoms with van der Waals surface area (Å²) >= 11 is 7.88. The Morgan fingerprint density at radius 1 is 0.472 bits per heavy atom. The van der Waals surface area contributed by atoms with Gasteiger partial charge in [0.25, 0.3) is 11.8 Å². The normalized spacial score (nSPS) is 14.1. The number of amides is 2. The van der Waals surface area contributed by atoms with Crippen molar-refractivity contribution >= 4 is 35.0 Å². The third-order valence-electron chi connectivity index (χ3n) is 4.75. The second-order valence-electron chi connectivity index (χ2n) is 7.63. The lowest BCUT2D eigenvalue weighted by Gasteiger charge is -2.28. The van der Waals surface area contributed by atoms with E-state index in [1.165, 1.54) is 10.6 Å². The third kappa shape index (κ3) is 8.62. The van der Waals surface area contributed by atoms with E-state index in [0.717, 1.165) is 0 Å². The van der Waals surface area contributed by atoms with Crippen LogP contribution in [0.15, 0.2) is 0 Å². The first kappa shape index (κ1) is 34.7. The number of halogens is 14. The van der Waals surface area contributed by atoms with Gasteiger partial charge < -0.3 is 10.6 Å². The zero-order chi connectivity index (χ0) is 28.6. The molecule has 0 aromatic carbocycles. The Morgan fingerprint density at radius 2 is 0.694 bits per heavy atom. The zero-order valence-corrected chi connectivity index (χ0v) is 19.7. The highest BCUT2D eigenvalue weighted by molar-refractivity contribution is 6.23. The van der Waals surface area contributed by atoms with Crippen molar-refractivity contribution in [3.8, 4) is 0 Å². The summed E-state index contributed by atoms with van der Waals surface area (Å²) in [7, 11) is 0. The SMILES string of the molecule is O=C(NCCCCCCCCCCNC(=O)C(F)(F)C(F)(F)C(F)(F)Cl)C(F)(F)C(F)(F)C(F)(F)Cl. The van der Waals surface area contributed by atoms with Crippen LogP contribution in [0.3, 0.4) is 0 Å². The molecule has 0 aliphatic rings. The second-order valence-corrected chi connectivity index (χ2v) is 8.58. The topological polar surface area (TPSA) is 58.2 Å². The molecule has 0 spiro atoms. The van der Waals surface area contributed by atoms with Crippen LogP contribution in [0.25, 0.3) is 0 Å². The molecule has 0 heterocycles. The number of alkyl halides is 14. The van der Waals surface area contributed by atoms with Crippen molar-refractivity contribution in [2.24, 2.45) is 0 Å². The van der Waals surface area contributed by atoms with E-state index in [1.807, 2.05) is 0 Å². The first-order valence-corrected chi connectivity index (χ1v) is 11.0. The van der Waals surface area contributed by atoms with E-state index >= 15 is 0 Å². The van der Waals surface area contributed by atoms with Crippen LogP contribution in [0.1, 0.15) is 51.4 Å². The van der Waals surface area contributed by atoms with Gasteiger partial charge in [-0.2, -0.15) is 52.7 Å². The van der Waals surface area contributed by atoms with E-state index in [0.29, 0.717) is 38.5 Å². The lowest BCUT2D eigenvalue weighted by atomic mass is 10.1. The maximum atomic E-state index is 13.2. The van der Waals surface area contributed by atoms with Gasteiger partial charge in [-0.05, 0) is 36.0 Å². The Balaban J connectivity index is 4.03. The Hall–Kier alpha value is -1.32. The monoisotopic (exact) mass is 596 g/mol. The molecule has 0 saturated carbocycles. The summed E-state index contributed by atoms with van der Waals surface area (Å²) < 4.78 is 155. The highest BCUT2D eigenvalue weighted by atomic mass is 35.5. The fraction of sp³-hybridized carbons (Fsp3) is 0.889. The van der Waals surface area contributed by atoms with Crippen LogP contribution in [0, 0.1) is 0 Å². The summed E-state index contributed by atoms with van der Waals surface area (Å²) in [6, 6.07) is 0. The van der Waals surface area contributed by atoms with E-state index < -0.39 is 59.4 Å². The number of hydrogen-bond donors (Lipinski definition) is 2. The quantitative estimate of drug-likeness (QED) is 0.114. The first-order valence-electron chi connectivity index (χ1n) is 10.3. The predicted molar refractivity (Wildman–Crippen MR) is 104 cm³/mol. The molecule has 0 aromatic heterocycles. The van der Waals surface area contributed by atoms with Gasteiger partial charge >= 0.3 is 34.5 Å². The summed E-state index contributed by atoms with van der Waals surface area (Å²) in [6.45, 7) is -1.01. The van der Waals surface area contributed by atoms with E-state index in [4.69, 9.17) is 0 Å². The van der Waals surface area contributed by atoms with Gasteiger partial charge in [0.1, 0.15) is 0 Å². The van der Waals surface area contributed by atoms with Crippen LogP contribution in [-0.2, 0) is 9.59 Å². The van der Waals surface area contributed by atoms with Gasteiger partial charge in [0, 0.05) is 13.1 Å². The van der Waals surface area contributed by atoms with Crippen molar-refractivity contribution in [2.45, 2.75) is 85.8 Å². The van der Waals surface area contributed by atoms with Crippen molar-refractivity contribution in [1.82, 2.24) is 10.6 Å². The fourth-order valence-corrected chi connectivity index (χ4v) is 2.82. The molecule has 0 atom stereocenters. The number of carbonyl (C=O) groups excluding carboxylic acids is 2. The highest BCUT2D eigenvalue weighted by Crippen LogP contribution is 2.48. The molecule has 0 radical (unpaired) electrons. The lowest BCUT2D eigenvalue weighted by molar-refractivity contribution is -0.269. The molecule has 0 saturated heterocycles. The molecule has 2 amide bonds. The molecule has 0 aromatic rings. The zero-order valence-electron chi connectivity index (χ0n) is 18.2. The van der Waals surface area contributed by atoms with Gasteiger partial charge in [0.2, 0.25) is 0 Å². The number of rotatable bonds is 17. The van der Waals surface area contributed by atoms with Crippen molar-refractivity contribution in [3.63, 3.8) is 0 Å².